The number of piperidine rings is 1. The molecule has 1 aliphatic heterocycles. The van der Waals surface area contributed by atoms with Gasteiger partial charge < -0.3 is 9.84 Å². The summed E-state index contributed by atoms with van der Waals surface area (Å²) >= 11 is 0. The summed E-state index contributed by atoms with van der Waals surface area (Å²) in [7, 11) is 0. The fraction of sp³-hybridized carbons (Fsp3) is 0.526. The zero-order valence-corrected chi connectivity index (χ0v) is 14.5. The first kappa shape index (κ1) is 16.3. The summed E-state index contributed by atoms with van der Waals surface area (Å²) < 4.78 is 5.38. The van der Waals surface area contributed by atoms with E-state index < -0.39 is 0 Å². The Hall–Kier alpha value is -2.21. The molecule has 2 fully saturated rings. The zero-order chi connectivity index (χ0) is 17.2. The number of hydrogen-bond acceptors (Lipinski definition) is 5. The SMILES string of the molecule is Cc1noc([C@H]2CCCN([C@@H](C(=O)NC3CC3)c3ccccc3)C2)n1. The molecule has 1 aliphatic carbocycles. The highest BCUT2D eigenvalue weighted by molar-refractivity contribution is 5.83. The van der Waals surface area contributed by atoms with Crippen molar-refractivity contribution in [1.29, 1.82) is 0 Å². The van der Waals surface area contributed by atoms with Crippen LogP contribution in [0.2, 0.25) is 0 Å². The molecule has 132 valence electrons. The summed E-state index contributed by atoms with van der Waals surface area (Å²) in [5.74, 6) is 1.65. The van der Waals surface area contributed by atoms with E-state index in [0.29, 0.717) is 17.8 Å². The van der Waals surface area contributed by atoms with E-state index in [2.05, 4.69) is 20.4 Å². The molecule has 1 N–H and O–H groups in total. The second-order valence-electron chi connectivity index (χ2n) is 7.11. The first-order chi connectivity index (χ1) is 12.2. The van der Waals surface area contributed by atoms with Crippen LogP contribution in [0.15, 0.2) is 34.9 Å². The van der Waals surface area contributed by atoms with Gasteiger partial charge in [-0.3, -0.25) is 9.69 Å². The lowest BCUT2D eigenvalue weighted by Gasteiger charge is -2.36. The molecule has 1 aromatic carbocycles. The highest BCUT2D eigenvalue weighted by Gasteiger charge is 2.36. The molecular weight excluding hydrogens is 316 g/mol. The number of carbonyl (C=O) groups excluding carboxylic acids is 1. The minimum atomic E-state index is -0.256. The Kier molecular flexibility index (Phi) is 4.53. The Labute approximate surface area is 147 Å². The maximum absolute atomic E-state index is 12.9. The Bertz CT molecular complexity index is 726. The van der Waals surface area contributed by atoms with E-state index >= 15 is 0 Å². The first-order valence-electron chi connectivity index (χ1n) is 9.10. The lowest BCUT2D eigenvalue weighted by Crippen LogP contribution is -2.45. The molecule has 2 aliphatic rings. The molecule has 1 aromatic heterocycles. The number of aromatic nitrogens is 2. The van der Waals surface area contributed by atoms with Gasteiger partial charge in [-0.1, -0.05) is 35.5 Å². The van der Waals surface area contributed by atoms with Crippen molar-refractivity contribution in [2.75, 3.05) is 13.1 Å². The van der Waals surface area contributed by atoms with Crippen LogP contribution in [0, 0.1) is 6.92 Å². The van der Waals surface area contributed by atoms with Crippen LogP contribution in [-0.4, -0.2) is 40.1 Å². The van der Waals surface area contributed by atoms with Crippen molar-refractivity contribution in [3.8, 4) is 0 Å². The number of hydrogen-bond donors (Lipinski definition) is 1. The largest absolute Gasteiger partial charge is 0.352 e. The smallest absolute Gasteiger partial charge is 0.242 e. The number of amides is 1. The van der Waals surface area contributed by atoms with Gasteiger partial charge in [0.25, 0.3) is 0 Å². The maximum Gasteiger partial charge on any atom is 0.242 e. The summed E-state index contributed by atoms with van der Waals surface area (Å²) in [6, 6.07) is 10.2. The van der Waals surface area contributed by atoms with Crippen molar-refractivity contribution in [3.63, 3.8) is 0 Å². The molecular formula is C19H24N4O2. The topological polar surface area (TPSA) is 71.3 Å². The molecule has 0 radical (unpaired) electrons. The summed E-state index contributed by atoms with van der Waals surface area (Å²) in [5, 5.41) is 7.10. The van der Waals surface area contributed by atoms with Gasteiger partial charge in [0.05, 0.1) is 5.92 Å². The molecule has 4 rings (SSSR count). The van der Waals surface area contributed by atoms with Crippen LogP contribution in [0.4, 0.5) is 0 Å². The number of rotatable bonds is 5. The quantitative estimate of drug-likeness (QED) is 0.906. The van der Waals surface area contributed by atoms with Crippen molar-refractivity contribution in [1.82, 2.24) is 20.4 Å². The molecule has 2 atom stereocenters. The minimum Gasteiger partial charge on any atom is -0.352 e. The van der Waals surface area contributed by atoms with Crippen LogP contribution in [-0.2, 0) is 4.79 Å². The summed E-state index contributed by atoms with van der Waals surface area (Å²) in [6.07, 6.45) is 4.23. The molecule has 1 saturated carbocycles. The van der Waals surface area contributed by atoms with Crippen molar-refractivity contribution in [2.24, 2.45) is 0 Å². The number of benzene rings is 1. The van der Waals surface area contributed by atoms with E-state index in [1.807, 2.05) is 37.3 Å². The van der Waals surface area contributed by atoms with Crippen LogP contribution >= 0.6 is 0 Å². The number of nitrogens with one attached hydrogen (secondary N) is 1. The summed E-state index contributed by atoms with van der Waals surface area (Å²) in [5.41, 5.74) is 1.04. The molecule has 1 amide bonds. The Balaban J connectivity index is 1.56. The number of carbonyl (C=O) groups is 1. The third kappa shape index (κ3) is 3.74. The molecule has 6 heteroatoms. The van der Waals surface area contributed by atoms with E-state index in [1.54, 1.807) is 0 Å². The van der Waals surface area contributed by atoms with Gasteiger partial charge in [0.1, 0.15) is 6.04 Å². The lowest BCUT2D eigenvalue weighted by molar-refractivity contribution is -0.127. The van der Waals surface area contributed by atoms with Crippen molar-refractivity contribution in [2.45, 2.75) is 50.6 Å². The van der Waals surface area contributed by atoms with Crippen LogP contribution in [0.1, 0.15) is 54.9 Å². The van der Waals surface area contributed by atoms with Crippen molar-refractivity contribution in [3.05, 3.63) is 47.6 Å². The molecule has 2 aromatic rings. The highest BCUT2D eigenvalue weighted by atomic mass is 16.5. The van der Waals surface area contributed by atoms with Gasteiger partial charge in [0.15, 0.2) is 5.82 Å². The second-order valence-corrected chi connectivity index (χ2v) is 7.11. The third-order valence-corrected chi connectivity index (χ3v) is 5.00. The van der Waals surface area contributed by atoms with E-state index in [1.165, 1.54) is 0 Å². The monoisotopic (exact) mass is 340 g/mol. The van der Waals surface area contributed by atoms with Gasteiger partial charge in [0.2, 0.25) is 11.8 Å². The maximum atomic E-state index is 12.9. The average molecular weight is 340 g/mol. The van der Waals surface area contributed by atoms with Crippen molar-refractivity contribution < 1.29 is 9.32 Å². The van der Waals surface area contributed by atoms with Crippen LogP contribution in [0.3, 0.4) is 0 Å². The minimum absolute atomic E-state index is 0.107. The number of nitrogens with zero attached hydrogens (tertiary/aromatic N) is 3. The Morgan fingerprint density at radius 1 is 1.28 bits per heavy atom. The molecule has 0 unspecified atom stereocenters. The highest BCUT2D eigenvalue weighted by Crippen LogP contribution is 2.32. The summed E-state index contributed by atoms with van der Waals surface area (Å²) in [6.45, 7) is 3.50. The molecule has 2 heterocycles. The average Bonchev–Trinajstić information content (AvgIpc) is 3.33. The van der Waals surface area contributed by atoms with E-state index in [-0.39, 0.29) is 17.9 Å². The molecule has 0 bridgehead atoms. The van der Waals surface area contributed by atoms with Gasteiger partial charge in [0, 0.05) is 12.6 Å². The Morgan fingerprint density at radius 2 is 2.08 bits per heavy atom. The molecule has 1 saturated heterocycles. The van der Waals surface area contributed by atoms with Gasteiger partial charge in [-0.15, -0.1) is 0 Å². The van der Waals surface area contributed by atoms with E-state index in [0.717, 1.165) is 44.3 Å². The zero-order valence-electron chi connectivity index (χ0n) is 14.5. The number of likely N-dealkylation sites (tertiary alicyclic amines) is 1. The predicted molar refractivity (Wildman–Crippen MR) is 92.9 cm³/mol. The van der Waals surface area contributed by atoms with E-state index in [9.17, 15) is 4.79 Å². The third-order valence-electron chi connectivity index (χ3n) is 5.00. The van der Waals surface area contributed by atoms with Crippen LogP contribution in [0.5, 0.6) is 0 Å². The van der Waals surface area contributed by atoms with Crippen molar-refractivity contribution >= 4 is 5.91 Å². The Morgan fingerprint density at radius 3 is 2.76 bits per heavy atom. The summed E-state index contributed by atoms with van der Waals surface area (Å²) in [4.78, 5) is 19.6. The number of aryl methyl sites for hydroxylation is 1. The molecule has 25 heavy (non-hydrogen) atoms. The molecule has 6 nitrogen and oxygen atoms in total. The van der Waals surface area contributed by atoms with E-state index in [4.69, 9.17) is 4.52 Å². The standard InChI is InChI=1S/C19H24N4O2/c1-13-20-19(25-22-13)15-8-5-11-23(12-15)17(14-6-3-2-4-7-14)18(24)21-16-9-10-16/h2-4,6-7,15-17H,5,8-12H2,1H3,(H,21,24)/t15-,17+/m0/s1. The predicted octanol–water partition coefficient (Wildman–Crippen LogP) is 2.58. The first-order valence-corrected chi connectivity index (χ1v) is 9.10. The van der Waals surface area contributed by atoms with Gasteiger partial charge in [-0.05, 0) is 44.7 Å². The molecule has 0 spiro atoms. The van der Waals surface area contributed by atoms with Crippen LogP contribution in [0.25, 0.3) is 0 Å². The lowest BCUT2D eigenvalue weighted by atomic mass is 9.94. The second kappa shape index (κ2) is 6.96. The van der Waals surface area contributed by atoms with Gasteiger partial charge in [-0.25, -0.2) is 0 Å². The van der Waals surface area contributed by atoms with Gasteiger partial charge in [-0.2, -0.15) is 4.98 Å². The van der Waals surface area contributed by atoms with Gasteiger partial charge >= 0.3 is 0 Å². The van der Waals surface area contributed by atoms with Crippen LogP contribution < -0.4 is 5.32 Å². The normalized spacial score (nSPS) is 22.5. The fourth-order valence-electron chi connectivity index (χ4n) is 3.59. The fourth-order valence-corrected chi connectivity index (χ4v) is 3.59.